The molecule has 0 aromatic heterocycles. The molecule has 1 amide bonds. The summed E-state index contributed by atoms with van der Waals surface area (Å²) in [6.45, 7) is 3.87. The Labute approximate surface area is 117 Å². The van der Waals surface area contributed by atoms with Gasteiger partial charge in [-0.3, -0.25) is 10.1 Å². The maximum Gasteiger partial charge on any atom is 0.241 e. The first kappa shape index (κ1) is 13.5. The number of halogens is 1. The lowest BCUT2D eigenvalue weighted by Gasteiger charge is -2.27. The number of hydrogen-bond acceptors (Lipinski definition) is 3. The van der Waals surface area contributed by atoms with E-state index in [0.717, 1.165) is 13.0 Å². The van der Waals surface area contributed by atoms with E-state index < -0.39 is 0 Å². The summed E-state index contributed by atoms with van der Waals surface area (Å²) in [5.41, 5.74) is 0.532. The van der Waals surface area contributed by atoms with Crippen molar-refractivity contribution in [1.29, 1.82) is 0 Å². The van der Waals surface area contributed by atoms with Crippen LogP contribution >= 0.6 is 0 Å². The number of ether oxygens (including phenoxy) is 1. The van der Waals surface area contributed by atoms with Crippen LogP contribution < -0.4 is 5.32 Å². The molecular weight excluding hydrogens is 259 g/mol. The van der Waals surface area contributed by atoms with E-state index in [0.29, 0.717) is 24.6 Å². The molecule has 2 heterocycles. The fourth-order valence-electron chi connectivity index (χ4n) is 2.93. The lowest BCUT2D eigenvalue weighted by atomic mass is 10.1. The Morgan fingerprint density at radius 3 is 2.95 bits per heavy atom. The lowest BCUT2D eigenvalue weighted by Crippen LogP contribution is -2.35. The lowest BCUT2D eigenvalue weighted by molar-refractivity contribution is -0.130. The van der Waals surface area contributed by atoms with Crippen LogP contribution in [0.25, 0.3) is 0 Å². The van der Waals surface area contributed by atoms with Gasteiger partial charge >= 0.3 is 0 Å². The van der Waals surface area contributed by atoms with Crippen LogP contribution in [0.3, 0.4) is 0 Å². The molecule has 20 heavy (non-hydrogen) atoms. The maximum atomic E-state index is 14.0. The summed E-state index contributed by atoms with van der Waals surface area (Å²) in [6.07, 6.45) is 0.585. The Morgan fingerprint density at radius 2 is 2.25 bits per heavy atom. The second-order valence-electron chi connectivity index (χ2n) is 5.53. The number of hydrogen-bond donors (Lipinski definition) is 1. The Kier molecular flexibility index (Phi) is 3.72. The van der Waals surface area contributed by atoms with Gasteiger partial charge in [0.05, 0.1) is 12.6 Å². The van der Waals surface area contributed by atoms with Gasteiger partial charge in [-0.05, 0) is 19.4 Å². The van der Waals surface area contributed by atoms with Crippen LogP contribution in [0.4, 0.5) is 4.39 Å². The minimum atomic E-state index is -0.376. The van der Waals surface area contributed by atoms with E-state index in [4.69, 9.17) is 4.74 Å². The van der Waals surface area contributed by atoms with Crippen molar-refractivity contribution in [3.8, 4) is 0 Å². The molecule has 1 aromatic rings. The zero-order chi connectivity index (χ0) is 14.1. The molecular formula is C15H19FN2O2. The van der Waals surface area contributed by atoms with Crippen LogP contribution in [-0.2, 0) is 9.53 Å². The summed E-state index contributed by atoms with van der Waals surface area (Å²) in [7, 11) is 0. The number of nitrogens with zero attached hydrogens (tertiary/aromatic N) is 1. The van der Waals surface area contributed by atoms with E-state index in [-0.39, 0.29) is 23.9 Å². The third-order valence-electron chi connectivity index (χ3n) is 4.05. The highest BCUT2D eigenvalue weighted by Crippen LogP contribution is 2.29. The topological polar surface area (TPSA) is 41.6 Å². The van der Waals surface area contributed by atoms with Gasteiger partial charge in [-0.25, -0.2) is 4.39 Å². The fourth-order valence-corrected chi connectivity index (χ4v) is 2.93. The standard InChI is InChI=1S/C15H19FN2O2/c1-10-15(19)18(8-11-6-7-20-9-11)14(17-10)12-4-2-3-5-13(12)16/h2-5,10-11,14,17H,6-9H2,1H3. The van der Waals surface area contributed by atoms with E-state index >= 15 is 0 Å². The highest BCUT2D eigenvalue weighted by molar-refractivity contribution is 5.84. The summed E-state index contributed by atoms with van der Waals surface area (Å²) in [6, 6.07) is 6.35. The van der Waals surface area contributed by atoms with Crippen molar-refractivity contribution in [3.05, 3.63) is 35.6 Å². The summed E-state index contributed by atoms with van der Waals surface area (Å²) < 4.78 is 19.3. The van der Waals surface area contributed by atoms with Crippen LogP contribution in [0, 0.1) is 11.7 Å². The van der Waals surface area contributed by atoms with Crippen molar-refractivity contribution < 1.29 is 13.9 Å². The van der Waals surface area contributed by atoms with Gasteiger partial charge in [0.1, 0.15) is 12.0 Å². The zero-order valence-corrected chi connectivity index (χ0v) is 11.5. The Hall–Kier alpha value is -1.46. The minimum Gasteiger partial charge on any atom is -0.381 e. The van der Waals surface area contributed by atoms with Crippen molar-refractivity contribution >= 4 is 5.91 Å². The number of rotatable bonds is 3. The van der Waals surface area contributed by atoms with Gasteiger partial charge in [0, 0.05) is 24.6 Å². The smallest absolute Gasteiger partial charge is 0.241 e. The molecule has 0 bridgehead atoms. The number of carbonyl (C=O) groups excluding carboxylic acids is 1. The molecule has 2 aliphatic rings. The van der Waals surface area contributed by atoms with Crippen LogP contribution in [0.2, 0.25) is 0 Å². The second-order valence-corrected chi connectivity index (χ2v) is 5.53. The molecule has 2 fully saturated rings. The van der Waals surface area contributed by atoms with Crippen molar-refractivity contribution in [2.24, 2.45) is 5.92 Å². The molecule has 0 saturated carbocycles. The van der Waals surface area contributed by atoms with E-state index in [2.05, 4.69) is 5.32 Å². The van der Waals surface area contributed by atoms with Crippen molar-refractivity contribution in [2.45, 2.75) is 25.6 Å². The molecule has 1 aromatic carbocycles. The summed E-state index contributed by atoms with van der Waals surface area (Å²) in [5, 5.41) is 3.18. The quantitative estimate of drug-likeness (QED) is 0.914. The van der Waals surface area contributed by atoms with Crippen LogP contribution in [0.1, 0.15) is 25.1 Å². The van der Waals surface area contributed by atoms with E-state index in [1.54, 1.807) is 23.1 Å². The van der Waals surface area contributed by atoms with Gasteiger partial charge in [-0.1, -0.05) is 18.2 Å². The molecule has 0 radical (unpaired) electrons. The molecule has 5 heteroatoms. The number of carbonyl (C=O) groups is 1. The van der Waals surface area contributed by atoms with Gasteiger partial charge < -0.3 is 9.64 Å². The van der Waals surface area contributed by atoms with Crippen molar-refractivity contribution in [2.75, 3.05) is 19.8 Å². The molecule has 2 aliphatic heterocycles. The van der Waals surface area contributed by atoms with Crippen molar-refractivity contribution in [1.82, 2.24) is 10.2 Å². The molecule has 3 unspecified atom stereocenters. The minimum absolute atomic E-state index is 0.0325. The SMILES string of the molecule is CC1NC(c2ccccc2F)N(CC2CCOC2)C1=O. The molecule has 108 valence electrons. The highest BCUT2D eigenvalue weighted by Gasteiger charge is 2.39. The maximum absolute atomic E-state index is 14.0. The zero-order valence-electron chi connectivity index (χ0n) is 11.5. The fraction of sp³-hybridized carbons (Fsp3) is 0.533. The van der Waals surface area contributed by atoms with E-state index in [1.165, 1.54) is 6.07 Å². The third kappa shape index (κ3) is 2.43. The average Bonchev–Trinajstić information content (AvgIpc) is 3.04. The molecule has 3 rings (SSSR count). The number of amides is 1. The van der Waals surface area contributed by atoms with E-state index in [1.807, 2.05) is 6.92 Å². The Bertz CT molecular complexity index is 502. The van der Waals surface area contributed by atoms with Crippen molar-refractivity contribution in [3.63, 3.8) is 0 Å². The van der Waals surface area contributed by atoms with Crippen LogP contribution in [0.15, 0.2) is 24.3 Å². The molecule has 2 saturated heterocycles. The van der Waals surface area contributed by atoms with Crippen LogP contribution in [0.5, 0.6) is 0 Å². The second kappa shape index (κ2) is 5.50. The average molecular weight is 278 g/mol. The Balaban J connectivity index is 1.84. The first-order valence-corrected chi connectivity index (χ1v) is 7.05. The van der Waals surface area contributed by atoms with E-state index in [9.17, 15) is 9.18 Å². The third-order valence-corrected chi connectivity index (χ3v) is 4.05. The first-order chi connectivity index (χ1) is 9.66. The molecule has 4 nitrogen and oxygen atoms in total. The summed E-state index contributed by atoms with van der Waals surface area (Å²) in [5.74, 6) is 0.102. The summed E-state index contributed by atoms with van der Waals surface area (Å²) >= 11 is 0. The molecule has 3 atom stereocenters. The molecule has 0 spiro atoms. The number of nitrogens with one attached hydrogen (secondary N) is 1. The molecule has 1 N–H and O–H groups in total. The van der Waals surface area contributed by atoms with Gasteiger partial charge in [-0.2, -0.15) is 0 Å². The normalized spacial score (nSPS) is 30.2. The highest BCUT2D eigenvalue weighted by atomic mass is 19.1. The monoisotopic (exact) mass is 278 g/mol. The largest absolute Gasteiger partial charge is 0.381 e. The number of benzene rings is 1. The van der Waals surface area contributed by atoms with Crippen LogP contribution in [-0.4, -0.2) is 36.6 Å². The van der Waals surface area contributed by atoms with Gasteiger partial charge in [0.25, 0.3) is 0 Å². The predicted octanol–water partition coefficient (Wildman–Crippen LogP) is 1.68. The summed E-state index contributed by atoms with van der Waals surface area (Å²) in [4.78, 5) is 14.0. The molecule has 0 aliphatic carbocycles. The predicted molar refractivity (Wildman–Crippen MR) is 72.4 cm³/mol. The first-order valence-electron chi connectivity index (χ1n) is 7.05. The van der Waals surface area contributed by atoms with Gasteiger partial charge in [0.15, 0.2) is 0 Å². The Morgan fingerprint density at radius 1 is 1.45 bits per heavy atom. The van der Waals surface area contributed by atoms with Gasteiger partial charge in [-0.15, -0.1) is 0 Å². The van der Waals surface area contributed by atoms with Gasteiger partial charge in [0.2, 0.25) is 5.91 Å².